The molecule has 15 heavy (non-hydrogen) atoms. The average molecular weight is 273 g/mol. The fourth-order valence-corrected chi connectivity index (χ4v) is 1.31. The maximum absolute atomic E-state index is 13.0. The smallest absolute Gasteiger partial charge is 0.126 e. The second-order valence-electron chi connectivity index (χ2n) is 3.39. The van der Waals surface area contributed by atoms with E-state index in [2.05, 4.69) is 15.9 Å². The number of ether oxygens (including phenoxy) is 1. The topological polar surface area (TPSA) is 9.23 Å². The van der Waals surface area contributed by atoms with Gasteiger partial charge >= 0.3 is 0 Å². The molecular weight excluding hydrogens is 259 g/mol. The summed E-state index contributed by atoms with van der Waals surface area (Å²) >= 11 is 3.46. The molecule has 0 amide bonds. The molecule has 0 radical (unpaired) electrons. The third kappa shape index (κ3) is 3.34. The lowest BCUT2D eigenvalue weighted by atomic mass is 10.1. The number of hydrogen-bond acceptors (Lipinski definition) is 1. The van der Waals surface area contributed by atoms with Crippen molar-refractivity contribution in [2.45, 2.75) is 18.7 Å². The van der Waals surface area contributed by atoms with Gasteiger partial charge in [0.2, 0.25) is 0 Å². The molecule has 0 aromatic heterocycles. The van der Waals surface area contributed by atoms with Crippen LogP contribution in [0.2, 0.25) is 0 Å². The summed E-state index contributed by atoms with van der Waals surface area (Å²) in [5, 5.41) is 0. The minimum Gasteiger partial charge on any atom is -0.496 e. The van der Waals surface area contributed by atoms with E-state index in [0.29, 0.717) is 5.75 Å². The van der Waals surface area contributed by atoms with Crippen LogP contribution in [0.25, 0.3) is 6.08 Å². The normalized spacial score (nSPS) is 13.8. The molecular formula is C12H14BrFO. The van der Waals surface area contributed by atoms with Gasteiger partial charge in [-0.2, -0.15) is 0 Å². The SMILES string of the molecule is COc1ccc(F)cc1/C=C(/C)C(C)Br. The van der Waals surface area contributed by atoms with Gasteiger partial charge in [0.15, 0.2) is 0 Å². The Morgan fingerprint density at radius 3 is 2.73 bits per heavy atom. The maximum Gasteiger partial charge on any atom is 0.126 e. The standard InChI is InChI=1S/C12H14BrFO/c1-8(9(2)13)6-10-7-11(14)4-5-12(10)15-3/h4-7,9H,1-3H3/b8-6-. The number of halogens is 2. The lowest BCUT2D eigenvalue weighted by Gasteiger charge is -2.07. The van der Waals surface area contributed by atoms with Crippen LogP contribution in [0, 0.1) is 5.82 Å². The molecule has 1 aromatic carbocycles. The van der Waals surface area contributed by atoms with Crippen molar-refractivity contribution in [3.8, 4) is 5.75 Å². The van der Waals surface area contributed by atoms with Gasteiger partial charge in [-0.25, -0.2) is 4.39 Å². The first-order chi connectivity index (χ1) is 7.04. The molecule has 82 valence electrons. The van der Waals surface area contributed by atoms with Crippen molar-refractivity contribution in [3.05, 3.63) is 35.2 Å². The van der Waals surface area contributed by atoms with Crippen molar-refractivity contribution in [2.24, 2.45) is 0 Å². The Morgan fingerprint density at radius 2 is 2.20 bits per heavy atom. The van der Waals surface area contributed by atoms with Gasteiger partial charge in [-0.3, -0.25) is 0 Å². The van der Waals surface area contributed by atoms with Crippen LogP contribution in [-0.2, 0) is 0 Å². The number of rotatable bonds is 3. The van der Waals surface area contributed by atoms with Gasteiger partial charge in [0.05, 0.1) is 7.11 Å². The van der Waals surface area contributed by atoms with E-state index in [0.717, 1.165) is 11.1 Å². The number of alkyl halides is 1. The van der Waals surface area contributed by atoms with E-state index in [1.165, 1.54) is 12.1 Å². The first kappa shape index (κ1) is 12.2. The monoisotopic (exact) mass is 272 g/mol. The molecule has 0 aliphatic rings. The number of benzene rings is 1. The summed E-state index contributed by atoms with van der Waals surface area (Å²) in [6.45, 7) is 4.02. The van der Waals surface area contributed by atoms with Crippen LogP contribution >= 0.6 is 15.9 Å². The molecule has 1 unspecified atom stereocenters. The number of allylic oxidation sites excluding steroid dienone is 1. The summed E-state index contributed by atoms with van der Waals surface area (Å²) in [6, 6.07) is 4.49. The van der Waals surface area contributed by atoms with E-state index in [1.54, 1.807) is 13.2 Å². The van der Waals surface area contributed by atoms with Crippen LogP contribution in [0.15, 0.2) is 23.8 Å². The Morgan fingerprint density at radius 1 is 1.53 bits per heavy atom. The molecule has 1 rings (SSSR count). The molecule has 0 aliphatic carbocycles. The fourth-order valence-electron chi connectivity index (χ4n) is 1.18. The summed E-state index contributed by atoms with van der Waals surface area (Å²) in [6.07, 6.45) is 1.92. The molecule has 1 aromatic rings. The third-order valence-corrected chi connectivity index (χ3v) is 2.92. The van der Waals surface area contributed by atoms with E-state index >= 15 is 0 Å². The molecule has 0 N–H and O–H groups in total. The minimum absolute atomic E-state index is 0.253. The van der Waals surface area contributed by atoms with Gasteiger partial charge in [0.1, 0.15) is 11.6 Å². The van der Waals surface area contributed by atoms with Gasteiger partial charge in [-0.15, -0.1) is 0 Å². The zero-order valence-corrected chi connectivity index (χ0v) is 10.6. The third-order valence-electron chi connectivity index (χ3n) is 2.20. The van der Waals surface area contributed by atoms with Crippen molar-refractivity contribution < 1.29 is 9.13 Å². The lowest BCUT2D eigenvalue weighted by Crippen LogP contribution is -1.93. The summed E-state index contributed by atoms with van der Waals surface area (Å²) in [5.74, 6) is 0.431. The Bertz CT molecular complexity index is 372. The molecule has 0 saturated heterocycles. The second-order valence-corrected chi connectivity index (χ2v) is 4.76. The molecule has 3 heteroatoms. The molecule has 1 nitrogen and oxygen atoms in total. The van der Waals surface area contributed by atoms with Crippen molar-refractivity contribution in [3.63, 3.8) is 0 Å². The minimum atomic E-state index is -0.253. The fraction of sp³-hybridized carbons (Fsp3) is 0.333. The van der Waals surface area contributed by atoms with Crippen LogP contribution in [0.4, 0.5) is 4.39 Å². The van der Waals surface area contributed by atoms with Gasteiger partial charge < -0.3 is 4.74 Å². The van der Waals surface area contributed by atoms with Crippen LogP contribution in [-0.4, -0.2) is 11.9 Å². The maximum atomic E-state index is 13.0. The summed E-state index contributed by atoms with van der Waals surface area (Å²) in [5.41, 5.74) is 1.89. The summed E-state index contributed by atoms with van der Waals surface area (Å²) in [4.78, 5) is 0.269. The first-order valence-corrected chi connectivity index (χ1v) is 5.62. The largest absolute Gasteiger partial charge is 0.496 e. The van der Waals surface area contributed by atoms with Crippen molar-refractivity contribution >= 4 is 22.0 Å². The van der Waals surface area contributed by atoms with Crippen molar-refractivity contribution in [1.29, 1.82) is 0 Å². The second kappa shape index (κ2) is 5.31. The lowest BCUT2D eigenvalue weighted by molar-refractivity contribution is 0.412. The molecule has 1 atom stereocenters. The van der Waals surface area contributed by atoms with Crippen LogP contribution in [0.5, 0.6) is 5.75 Å². The van der Waals surface area contributed by atoms with Crippen molar-refractivity contribution in [2.75, 3.05) is 7.11 Å². The Kier molecular flexibility index (Phi) is 4.33. The summed E-state index contributed by atoms with van der Waals surface area (Å²) in [7, 11) is 1.58. The van der Waals surface area contributed by atoms with E-state index in [1.807, 2.05) is 19.9 Å². The highest BCUT2D eigenvalue weighted by molar-refractivity contribution is 9.09. The van der Waals surface area contributed by atoms with Gasteiger partial charge in [0, 0.05) is 10.4 Å². The molecule has 0 bridgehead atoms. The number of methoxy groups -OCH3 is 1. The average Bonchev–Trinajstić information content (AvgIpc) is 2.18. The first-order valence-electron chi connectivity index (χ1n) is 4.70. The van der Waals surface area contributed by atoms with Crippen LogP contribution < -0.4 is 4.74 Å². The van der Waals surface area contributed by atoms with Crippen LogP contribution in [0.1, 0.15) is 19.4 Å². The Balaban J connectivity index is 3.12. The highest BCUT2D eigenvalue weighted by Gasteiger charge is 2.04. The number of hydrogen-bond donors (Lipinski definition) is 0. The predicted octanol–water partition coefficient (Wildman–Crippen LogP) is 4.02. The molecule has 0 aliphatic heterocycles. The van der Waals surface area contributed by atoms with Gasteiger partial charge in [0.25, 0.3) is 0 Å². The van der Waals surface area contributed by atoms with Gasteiger partial charge in [-0.1, -0.05) is 27.6 Å². The quantitative estimate of drug-likeness (QED) is 0.756. The van der Waals surface area contributed by atoms with E-state index in [4.69, 9.17) is 4.74 Å². The van der Waals surface area contributed by atoms with Gasteiger partial charge in [-0.05, 0) is 32.0 Å². The highest BCUT2D eigenvalue weighted by atomic mass is 79.9. The molecule has 0 fully saturated rings. The van der Waals surface area contributed by atoms with E-state index < -0.39 is 0 Å². The molecule has 0 heterocycles. The molecule has 0 saturated carbocycles. The Labute approximate surface area is 98.1 Å². The molecule has 0 spiro atoms. The predicted molar refractivity (Wildman–Crippen MR) is 65.0 cm³/mol. The zero-order valence-electron chi connectivity index (χ0n) is 9.05. The van der Waals surface area contributed by atoms with E-state index in [-0.39, 0.29) is 10.6 Å². The highest BCUT2D eigenvalue weighted by Crippen LogP contribution is 2.24. The van der Waals surface area contributed by atoms with Crippen LogP contribution in [0.3, 0.4) is 0 Å². The Hall–Kier alpha value is -0.830. The van der Waals surface area contributed by atoms with Crippen molar-refractivity contribution in [1.82, 2.24) is 0 Å². The summed E-state index contributed by atoms with van der Waals surface area (Å²) < 4.78 is 18.2. The zero-order chi connectivity index (χ0) is 11.4. The van der Waals surface area contributed by atoms with E-state index in [9.17, 15) is 4.39 Å².